The molecule has 0 unspecified atom stereocenters. The summed E-state index contributed by atoms with van der Waals surface area (Å²) < 4.78 is 55.0. The molecule has 1 aromatic heterocycles. The number of aromatic nitrogens is 3. The van der Waals surface area contributed by atoms with Crippen molar-refractivity contribution in [2.24, 2.45) is 0 Å². The lowest BCUT2D eigenvalue weighted by atomic mass is 10.1. The molecular weight excluding hydrogens is 322 g/mol. The predicted molar refractivity (Wildman–Crippen MR) is 81.5 cm³/mol. The first-order valence-corrected chi connectivity index (χ1v) is 7.28. The van der Waals surface area contributed by atoms with Crippen molar-refractivity contribution < 1.29 is 17.6 Å². The van der Waals surface area contributed by atoms with E-state index in [-0.39, 0.29) is 22.8 Å². The van der Waals surface area contributed by atoms with Crippen LogP contribution in [0.5, 0.6) is 0 Å². The summed E-state index contributed by atoms with van der Waals surface area (Å²) in [6, 6.07) is 11.0. The van der Waals surface area contributed by atoms with E-state index in [4.69, 9.17) is 0 Å². The van der Waals surface area contributed by atoms with Gasteiger partial charge in [-0.3, -0.25) is 0 Å². The van der Waals surface area contributed by atoms with E-state index in [1.807, 2.05) is 0 Å². The smallest absolute Gasteiger partial charge is 0.245 e. The molecule has 2 aromatic carbocycles. The summed E-state index contributed by atoms with van der Waals surface area (Å²) in [6.07, 6.45) is -4.51. The summed E-state index contributed by atoms with van der Waals surface area (Å²) in [4.78, 5) is 4.17. The average Bonchev–Trinajstić information content (AvgIpc) is 2.98. The Kier molecular flexibility index (Phi) is 4.09. The number of hydrogen-bond acceptors (Lipinski definition) is 2. The van der Waals surface area contributed by atoms with E-state index in [2.05, 4.69) is 10.1 Å². The van der Waals surface area contributed by atoms with Gasteiger partial charge >= 0.3 is 6.18 Å². The minimum Gasteiger partial charge on any atom is -0.245 e. The Balaban J connectivity index is 2.19. The lowest BCUT2D eigenvalue weighted by molar-refractivity contribution is -0.137. The molecule has 24 heavy (non-hydrogen) atoms. The predicted octanol–water partition coefficient (Wildman–Crippen LogP) is 4.79. The standard InChI is InChI=1S/C17H13F4N3/c1-2-24-16(11-7-3-5-9-13(11)17(19,20)21)22-15(23-24)12-8-4-6-10-14(12)18/h3-10H,2H2,1H3. The van der Waals surface area contributed by atoms with E-state index in [1.54, 1.807) is 13.0 Å². The van der Waals surface area contributed by atoms with Crippen LogP contribution < -0.4 is 0 Å². The van der Waals surface area contributed by atoms with E-state index >= 15 is 0 Å². The second kappa shape index (κ2) is 6.07. The number of halogens is 4. The van der Waals surface area contributed by atoms with Gasteiger partial charge in [0, 0.05) is 12.1 Å². The summed E-state index contributed by atoms with van der Waals surface area (Å²) in [7, 11) is 0. The summed E-state index contributed by atoms with van der Waals surface area (Å²) in [5.41, 5.74) is -0.732. The van der Waals surface area contributed by atoms with Crippen LogP contribution in [0.4, 0.5) is 17.6 Å². The monoisotopic (exact) mass is 335 g/mol. The Morgan fingerprint density at radius 1 is 0.958 bits per heavy atom. The molecule has 0 spiro atoms. The van der Waals surface area contributed by atoms with Gasteiger partial charge in [0.05, 0.1) is 11.1 Å². The third-order valence-corrected chi connectivity index (χ3v) is 3.56. The van der Waals surface area contributed by atoms with Crippen LogP contribution in [-0.2, 0) is 12.7 Å². The molecular formula is C17H13F4N3. The van der Waals surface area contributed by atoms with Crippen LogP contribution in [0.15, 0.2) is 48.5 Å². The zero-order valence-electron chi connectivity index (χ0n) is 12.7. The molecule has 1 heterocycles. The third-order valence-electron chi connectivity index (χ3n) is 3.56. The first-order valence-electron chi connectivity index (χ1n) is 7.28. The van der Waals surface area contributed by atoms with Crippen molar-refractivity contribution in [1.29, 1.82) is 0 Å². The molecule has 3 rings (SSSR count). The molecule has 0 radical (unpaired) electrons. The molecule has 0 aliphatic rings. The Morgan fingerprint density at radius 3 is 2.21 bits per heavy atom. The Hall–Kier alpha value is -2.70. The van der Waals surface area contributed by atoms with E-state index in [0.717, 1.165) is 6.07 Å². The fourth-order valence-corrected chi connectivity index (χ4v) is 2.44. The summed E-state index contributed by atoms with van der Waals surface area (Å²) >= 11 is 0. The fraction of sp³-hybridized carbons (Fsp3) is 0.176. The van der Waals surface area contributed by atoms with Gasteiger partial charge in [-0.1, -0.05) is 30.3 Å². The van der Waals surface area contributed by atoms with Crippen molar-refractivity contribution >= 4 is 0 Å². The van der Waals surface area contributed by atoms with Gasteiger partial charge in [-0.25, -0.2) is 14.1 Å². The van der Waals surface area contributed by atoms with Gasteiger partial charge in [0.15, 0.2) is 11.6 Å². The molecule has 124 valence electrons. The van der Waals surface area contributed by atoms with Crippen LogP contribution in [-0.4, -0.2) is 14.8 Å². The summed E-state index contributed by atoms with van der Waals surface area (Å²) in [6.45, 7) is 2.04. The summed E-state index contributed by atoms with van der Waals surface area (Å²) in [5.74, 6) is -0.410. The van der Waals surface area contributed by atoms with Crippen LogP contribution >= 0.6 is 0 Å². The van der Waals surface area contributed by atoms with Crippen molar-refractivity contribution in [2.45, 2.75) is 19.6 Å². The average molecular weight is 335 g/mol. The number of alkyl halides is 3. The van der Waals surface area contributed by atoms with Gasteiger partial charge in [0.1, 0.15) is 5.82 Å². The zero-order valence-corrected chi connectivity index (χ0v) is 12.7. The summed E-state index contributed by atoms with van der Waals surface area (Å²) in [5, 5.41) is 4.16. The maximum atomic E-state index is 13.9. The highest BCUT2D eigenvalue weighted by atomic mass is 19.4. The lowest BCUT2D eigenvalue weighted by Gasteiger charge is -2.12. The largest absolute Gasteiger partial charge is 0.417 e. The number of hydrogen-bond donors (Lipinski definition) is 0. The van der Waals surface area contributed by atoms with Gasteiger partial charge in [-0.15, -0.1) is 0 Å². The van der Waals surface area contributed by atoms with E-state index in [0.29, 0.717) is 6.54 Å². The molecule has 0 fully saturated rings. The Labute approximate surface area is 135 Å². The lowest BCUT2D eigenvalue weighted by Crippen LogP contribution is -2.09. The van der Waals surface area contributed by atoms with Crippen LogP contribution in [0.1, 0.15) is 12.5 Å². The molecule has 0 bridgehead atoms. The van der Waals surface area contributed by atoms with E-state index in [1.165, 1.54) is 41.1 Å². The molecule has 0 aliphatic heterocycles. The van der Waals surface area contributed by atoms with Gasteiger partial charge in [-0.05, 0) is 25.1 Å². The van der Waals surface area contributed by atoms with E-state index < -0.39 is 17.6 Å². The molecule has 0 aliphatic carbocycles. The van der Waals surface area contributed by atoms with Crippen molar-refractivity contribution in [2.75, 3.05) is 0 Å². The minimum atomic E-state index is -4.51. The fourth-order valence-electron chi connectivity index (χ4n) is 2.44. The maximum Gasteiger partial charge on any atom is 0.417 e. The van der Waals surface area contributed by atoms with Gasteiger partial charge in [0.2, 0.25) is 0 Å². The maximum absolute atomic E-state index is 13.9. The molecule has 3 nitrogen and oxygen atoms in total. The normalized spacial score (nSPS) is 11.7. The number of benzene rings is 2. The van der Waals surface area contributed by atoms with Crippen LogP contribution in [0.25, 0.3) is 22.8 Å². The molecule has 0 saturated heterocycles. The van der Waals surface area contributed by atoms with Gasteiger partial charge in [-0.2, -0.15) is 18.3 Å². The van der Waals surface area contributed by atoms with Crippen LogP contribution in [0.2, 0.25) is 0 Å². The molecule has 0 saturated carbocycles. The molecule has 0 atom stereocenters. The zero-order chi connectivity index (χ0) is 17.3. The third kappa shape index (κ3) is 2.89. The van der Waals surface area contributed by atoms with Gasteiger partial charge in [0.25, 0.3) is 0 Å². The second-order valence-electron chi connectivity index (χ2n) is 5.10. The molecule has 0 amide bonds. The Morgan fingerprint density at radius 2 is 1.58 bits per heavy atom. The molecule has 0 N–H and O–H groups in total. The van der Waals surface area contributed by atoms with E-state index in [9.17, 15) is 17.6 Å². The van der Waals surface area contributed by atoms with Crippen molar-refractivity contribution in [1.82, 2.24) is 14.8 Å². The number of nitrogens with zero attached hydrogens (tertiary/aromatic N) is 3. The highest BCUT2D eigenvalue weighted by Crippen LogP contribution is 2.37. The number of rotatable bonds is 3. The van der Waals surface area contributed by atoms with Crippen LogP contribution in [0.3, 0.4) is 0 Å². The quantitative estimate of drug-likeness (QED) is 0.644. The highest BCUT2D eigenvalue weighted by Gasteiger charge is 2.34. The van der Waals surface area contributed by atoms with Crippen molar-refractivity contribution in [3.8, 4) is 22.8 Å². The van der Waals surface area contributed by atoms with Crippen LogP contribution in [0, 0.1) is 5.82 Å². The topological polar surface area (TPSA) is 30.7 Å². The first kappa shape index (κ1) is 16.2. The number of aryl methyl sites for hydroxylation is 1. The molecule has 3 aromatic rings. The van der Waals surface area contributed by atoms with Crippen molar-refractivity contribution in [3.63, 3.8) is 0 Å². The second-order valence-corrected chi connectivity index (χ2v) is 5.10. The Bertz CT molecular complexity index is 868. The first-order chi connectivity index (χ1) is 11.4. The minimum absolute atomic E-state index is 0.0573. The van der Waals surface area contributed by atoms with Crippen molar-refractivity contribution in [3.05, 3.63) is 59.9 Å². The SMILES string of the molecule is CCn1nc(-c2ccccc2F)nc1-c1ccccc1C(F)(F)F. The highest BCUT2D eigenvalue weighted by molar-refractivity contribution is 5.65. The molecule has 7 heteroatoms. The van der Waals surface area contributed by atoms with Gasteiger partial charge < -0.3 is 0 Å².